The first kappa shape index (κ1) is 8.70. The molecular weight excluding hydrogens is 158 g/mol. The van der Waals surface area contributed by atoms with E-state index in [1.54, 1.807) is 4.68 Å². The molecule has 1 rings (SSSR count). The molecule has 0 N–H and O–H groups in total. The van der Waals surface area contributed by atoms with E-state index in [1.807, 2.05) is 6.92 Å². The Labute approximate surface area is 70.4 Å². The highest BCUT2D eigenvalue weighted by Crippen LogP contribution is 1.93. The van der Waals surface area contributed by atoms with E-state index in [0.717, 1.165) is 13.0 Å². The van der Waals surface area contributed by atoms with E-state index in [9.17, 15) is 4.79 Å². The Morgan fingerprint density at radius 2 is 2.50 bits per heavy atom. The van der Waals surface area contributed by atoms with Crippen molar-refractivity contribution in [1.29, 1.82) is 0 Å². The summed E-state index contributed by atoms with van der Waals surface area (Å²) < 4.78 is 6.07. The van der Waals surface area contributed by atoms with Gasteiger partial charge < -0.3 is 4.74 Å². The van der Waals surface area contributed by atoms with Crippen LogP contribution in [0.25, 0.3) is 0 Å². The van der Waals surface area contributed by atoms with E-state index in [1.165, 1.54) is 13.4 Å². The minimum atomic E-state index is -0.496. The molecule has 0 aliphatic rings. The predicted octanol–water partition coefficient (Wildman–Crippen LogP) is 0.475. The molecule has 0 fully saturated rings. The summed E-state index contributed by atoms with van der Waals surface area (Å²) in [5.41, 5.74) is 0. The number of nitrogens with zero attached hydrogens (tertiary/aromatic N) is 3. The largest absolute Gasteiger partial charge is 0.463 e. The van der Waals surface area contributed by atoms with Crippen LogP contribution in [-0.2, 0) is 11.3 Å². The summed E-state index contributed by atoms with van der Waals surface area (Å²) in [5, 5.41) is 3.90. The average Bonchev–Trinajstić information content (AvgIpc) is 2.52. The molecule has 5 nitrogen and oxygen atoms in total. The van der Waals surface area contributed by atoms with Crippen LogP contribution in [0.4, 0.5) is 0 Å². The molecule has 0 aromatic carbocycles. The van der Waals surface area contributed by atoms with Crippen molar-refractivity contribution in [3.05, 3.63) is 12.2 Å². The lowest BCUT2D eigenvalue weighted by atomic mass is 10.5. The number of esters is 1. The molecule has 5 heteroatoms. The molecule has 0 saturated carbocycles. The second kappa shape index (κ2) is 3.85. The molecule has 1 aromatic heterocycles. The SMILES string of the molecule is CCCn1cnc(C(=O)OC)n1. The minimum absolute atomic E-state index is 0.117. The normalized spacial score (nSPS) is 9.83. The zero-order valence-corrected chi connectivity index (χ0v) is 7.15. The van der Waals surface area contributed by atoms with Gasteiger partial charge >= 0.3 is 5.97 Å². The number of hydrogen-bond donors (Lipinski definition) is 0. The van der Waals surface area contributed by atoms with Crippen molar-refractivity contribution in [2.75, 3.05) is 7.11 Å². The molecule has 0 amide bonds. The van der Waals surface area contributed by atoms with Crippen molar-refractivity contribution >= 4 is 5.97 Å². The molecule has 0 atom stereocenters. The second-order valence-electron chi connectivity index (χ2n) is 2.32. The molecule has 0 bridgehead atoms. The smallest absolute Gasteiger partial charge is 0.377 e. The fraction of sp³-hybridized carbons (Fsp3) is 0.571. The summed E-state index contributed by atoms with van der Waals surface area (Å²) in [7, 11) is 1.31. The molecule has 1 aromatic rings. The first-order chi connectivity index (χ1) is 5.77. The highest BCUT2D eigenvalue weighted by atomic mass is 16.5. The zero-order valence-electron chi connectivity index (χ0n) is 7.15. The second-order valence-corrected chi connectivity index (χ2v) is 2.32. The topological polar surface area (TPSA) is 57.0 Å². The molecule has 12 heavy (non-hydrogen) atoms. The molecule has 0 spiro atoms. The van der Waals surface area contributed by atoms with Crippen molar-refractivity contribution in [3.63, 3.8) is 0 Å². The fourth-order valence-corrected chi connectivity index (χ4v) is 0.816. The van der Waals surface area contributed by atoms with E-state index >= 15 is 0 Å². The van der Waals surface area contributed by atoms with Crippen LogP contribution in [0, 0.1) is 0 Å². The first-order valence-electron chi connectivity index (χ1n) is 3.75. The fourth-order valence-electron chi connectivity index (χ4n) is 0.816. The van der Waals surface area contributed by atoms with E-state index in [4.69, 9.17) is 0 Å². The minimum Gasteiger partial charge on any atom is -0.463 e. The maximum absolute atomic E-state index is 10.9. The van der Waals surface area contributed by atoms with Crippen LogP contribution in [-0.4, -0.2) is 27.8 Å². The van der Waals surface area contributed by atoms with Crippen LogP contribution in [0.15, 0.2) is 6.33 Å². The van der Waals surface area contributed by atoms with Gasteiger partial charge in [-0.3, -0.25) is 4.68 Å². The zero-order chi connectivity index (χ0) is 8.97. The lowest BCUT2D eigenvalue weighted by Crippen LogP contribution is -2.05. The summed E-state index contributed by atoms with van der Waals surface area (Å²) in [6.45, 7) is 2.80. The van der Waals surface area contributed by atoms with Gasteiger partial charge in [0, 0.05) is 6.54 Å². The molecule has 0 unspecified atom stereocenters. The molecule has 66 valence electrons. The summed E-state index contributed by atoms with van der Waals surface area (Å²) in [6, 6.07) is 0. The summed E-state index contributed by atoms with van der Waals surface area (Å²) in [6.07, 6.45) is 2.49. The highest BCUT2D eigenvalue weighted by molar-refractivity contribution is 5.84. The van der Waals surface area contributed by atoms with Crippen molar-refractivity contribution < 1.29 is 9.53 Å². The summed E-state index contributed by atoms with van der Waals surface area (Å²) in [4.78, 5) is 14.7. The third-order valence-corrected chi connectivity index (χ3v) is 1.36. The van der Waals surface area contributed by atoms with Crippen LogP contribution in [0.5, 0.6) is 0 Å². The summed E-state index contributed by atoms with van der Waals surface area (Å²) in [5.74, 6) is -0.379. The standard InChI is InChI=1S/C7H11N3O2/c1-3-4-10-5-8-6(9-10)7(11)12-2/h5H,3-4H2,1-2H3. The summed E-state index contributed by atoms with van der Waals surface area (Å²) >= 11 is 0. The molecular formula is C7H11N3O2. The van der Waals surface area contributed by atoms with E-state index in [0.29, 0.717) is 0 Å². The average molecular weight is 169 g/mol. The van der Waals surface area contributed by atoms with Gasteiger partial charge in [-0.15, -0.1) is 5.10 Å². The van der Waals surface area contributed by atoms with Gasteiger partial charge in [0.05, 0.1) is 7.11 Å². The van der Waals surface area contributed by atoms with Gasteiger partial charge in [0.15, 0.2) is 0 Å². The van der Waals surface area contributed by atoms with Gasteiger partial charge in [0.1, 0.15) is 6.33 Å². The van der Waals surface area contributed by atoms with Crippen LogP contribution in [0.1, 0.15) is 24.0 Å². The number of ether oxygens (including phenoxy) is 1. The maximum Gasteiger partial charge on any atom is 0.377 e. The number of methoxy groups -OCH3 is 1. The van der Waals surface area contributed by atoms with Crippen molar-refractivity contribution in [1.82, 2.24) is 14.8 Å². The van der Waals surface area contributed by atoms with Gasteiger partial charge in [-0.2, -0.15) is 0 Å². The monoisotopic (exact) mass is 169 g/mol. The third kappa shape index (κ3) is 1.81. The van der Waals surface area contributed by atoms with Gasteiger partial charge in [0.2, 0.25) is 0 Å². The molecule has 1 heterocycles. The van der Waals surface area contributed by atoms with Crippen LogP contribution >= 0.6 is 0 Å². The lowest BCUT2D eigenvalue weighted by Gasteiger charge is -1.93. The van der Waals surface area contributed by atoms with Crippen molar-refractivity contribution in [2.45, 2.75) is 19.9 Å². The highest BCUT2D eigenvalue weighted by Gasteiger charge is 2.09. The maximum atomic E-state index is 10.9. The Morgan fingerprint density at radius 1 is 1.75 bits per heavy atom. The lowest BCUT2D eigenvalue weighted by molar-refractivity contribution is 0.0586. The molecule has 0 aliphatic carbocycles. The number of aryl methyl sites for hydroxylation is 1. The molecule has 0 radical (unpaired) electrons. The van der Waals surface area contributed by atoms with Crippen LogP contribution in [0.2, 0.25) is 0 Å². The number of hydrogen-bond acceptors (Lipinski definition) is 4. The van der Waals surface area contributed by atoms with Crippen molar-refractivity contribution in [2.24, 2.45) is 0 Å². The number of carbonyl (C=O) groups is 1. The van der Waals surface area contributed by atoms with Gasteiger partial charge in [-0.05, 0) is 6.42 Å². The first-order valence-corrected chi connectivity index (χ1v) is 3.75. The van der Waals surface area contributed by atoms with Crippen molar-refractivity contribution in [3.8, 4) is 0 Å². The predicted molar refractivity (Wildman–Crippen MR) is 41.7 cm³/mol. The van der Waals surface area contributed by atoms with E-state index in [2.05, 4.69) is 14.8 Å². The number of rotatable bonds is 3. The Bertz CT molecular complexity index is 269. The third-order valence-electron chi connectivity index (χ3n) is 1.36. The molecule has 0 saturated heterocycles. The Hall–Kier alpha value is -1.39. The number of carbonyl (C=O) groups excluding carboxylic acids is 1. The van der Waals surface area contributed by atoms with Crippen LogP contribution in [0.3, 0.4) is 0 Å². The number of aromatic nitrogens is 3. The van der Waals surface area contributed by atoms with Gasteiger partial charge in [-0.25, -0.2) is 9.78 Å². The van der Waals surface area contributed by atoms with E-state index in [-0.39, 0.29) is 5.82 Å². The Balaban J connectivity index is 2.70. The quantitative estimate of drug-likeness (QED) is 0.617. The van der Waals surface area contributed by atoms with E-state index < -0.39 is 5.97 Å². The Kier molecular flexibility index (Phi) is 2.79. The molecule has 0 aliphatic heterocycles. The Morgan fingerprint density at radius 3 is 3.08 bits per heavy atom. The van der Waals surface area contributed by atoms with Crippen LogP contribution < -0.4 is 0 Å². The van der Waals surface area contributed by atoms with Gasteiger partial charge in [-0.1, -0.05) is 6.92 Å². The van der Waals surface area contributed by atoms with Gasteiger partial charge in [0.25, 0.3) is 5.82 Å².